The first-order chi connectivity index (χ1) is 9.61. The van der Waals surface area contributed by atoms with Crippen LogP contribution in [0.2, 0.25) is 0 Å². The van der Waals surface area contributed by atoms with Crippen molar-refractivity contribution in [1.82, 2.24) is 0 Å². The zero-order valence-electron chi connectivity index (χ0n) is 12.3. The predicted molar refractivity (Wildman–Crippen MR) is 81.8 cm³/mol. The normalized spacial score (nSPS) is 11.5. The summed E-state index contributed by atoms with van der Waals surface area (Å²) in [6.45, 7) is 0. The Bertz CT molecular complexity index is 352. The van der Waals surface area contributed by atoms with E-state index in [0.29, 0.717) is 21.8 Å². The summed E-state index contributed by atoms with van der Waals surface area (Å²) in [6, 6.07) is 9.02. The highest BCUT2D eigenvalue weighted by Crippen LogP contribution is 2.14. The Hall–Kier alpha value is -0.510. The van der Waals surface area contributed by atoms with Gasteiger partial charge in [-0.05, 0) is 24.3 Å². The van der Waals surface area contributed by atoms with E-state index in [4.69, 9.17) is 0 Å². The summed E-state index contributed by atoms with van der Waals surface area (Å²) < 4.78 is 78.0. The van der Waals surface area contributed by atoms with Gasteiger partial charge in [-0.15, -0.1) is 0 Å². The first-order valence-corrected chi connectivity index (χ1v) is 9.69. The molecule has 1 aromatic rings. The number of hydrogen-bond donors (Lipinski definition) is 0. The standard InChI is InChI=1S/C10H16S2.2BF4/c1-11(2)9-5-7-10(8-6-9)12(3)4;2*2-1(3,4)5/h5-8H,1-4H3;;/q+2;2*-1. The van der Waals surface area contributed by atoms with Crippen LogP contribution in [0, 0.1) is 0 Å². The Labute approximate surface area is 130 Å². The van der Waals surface area contributed by atoms with Crippen molar-refractivity contribution >= 4 is 36.3 Å². The van der Waals surface area contributed by atoms with Crippen LogP contribution in [-0.4, -0.2) is 39.5 Å². The maximum Gasteiger partial charge on any atom is 0.673 e. The predicted octanol–water partition coefficient (Wildman–Crippen LogP) is 4.76. The first-order valence-electron chi connectivity index (χ1n) is 5.61. The molecule has 0 saturated heterocycles. The van der Waals surface area contributed by atoms with E-state index in [1.54, 1.807) is 0 Å². The van der Waals surface area contributed by atoms with Crippen molar-refractivity contribution in [1.29, 1.82) is 0 Å². The van der Waals surface area contributed by atoms with E-state index in [0.717, 1.165) is 0 Å². The van der Waals surface area contributed by atoms with Gasteiger partial charge in [0.1, 0.15) is 25.0 Å². The summed E-state index contributed by atoms with van der Waals surface area (Å²) in [5.74, 6) is 0. The molecule has 0 spiro atoms. The molecule has 1 rings (SSSR count). The van der Waals surface area contributed by atoms with Gasteiger partial charge in [0.05, 0.1) is 0 Å². The van der Waals surface area contributed by atoms with E-state index >= 15 is 0 Å². The molecule has 0 radical (unpaired) electrons. The molecule has 0 heterocycles. The molecule has 0 aromatic heterocycles. The zero-order valence-corrected chi connectivity index (χ0v) is 13.9. The molecule has 12 heteroatoms. The van der Waals surface area contributed by atoms with E-state index in [2.05, 4.69) is 49.3 Å². The fourth-order valence-corrected chi connectivity index (χ4v) is 2.34. The summed E-state index contributed by atoms with van der Waals surface area (Å²) in [7, 11) is -11.2. The van der Waals surface area contributed by atoms with Gasteiger partial charge in [-0.3, -0.25) is 0 Å². The number of benzene rings is 1. The Kier molecular flexibility index (Phi) is 11.1. The van der Waals surface area contributed by atoms with Gasteiger partial charge in [-0.1, -0.05) is 0 Å². The highest BCUT2D eigenvalue weighted by Gasteiger charge is 2.21. The second-order valence-electron chi connectivity index (χ2n) is 4.09. The lowest BCUT2D eigenvalue weighted by Gasteiger charge is -1.97. The molecule has 1 aromatic carbocycles. The van der Waals surface area contributed by atoms with Gasteiger partial charge < -0.3 is 34.5 Å². The Balaban J connectivity index is 0. The lowest BCUT2D eigenvalue weighted by atomic mass is 10.3. The van der Waals surface area contributed by atoms with Crippen LogP contribution in [0.5, 0.6) is 0 Å². The monoisotopic (exact) mass is 374 g/mol. The lowest BCUT2D eigenvalue weighted by molar-refractivity contribution is 0.366. The zero-order chi connectivity index (χ0) is 18.1. The number of hydrogen-bond acceptors (Lipinski definition) is 0. The van der Waals surface area contributed by atoms with Crippen molar-refractivity contribution < 1.29 is 34.5 Å². The summed E-state index contributed by atoms with van der Waals surface area (Å²) in [5.41, 5.74) is 0. The second kappa shape index (κ2) is 10.3. The molecule has 0 atom stereocenters. The molecule has 0 N–H and O–H groups in total. The largest absolute Gasteiger partial charge is 0.673 e. The van der Waals surface area contributed by atoms with Gasteiger partial charge in [-0.25, -0.2) is 0 Å². The molecule has 0 amide bonds. The van der Waals surface area contributed by atoms with Crippen LogP contribution in [0.1, 0.15) is 0 Å². The third-order valence-corrected chi connectivity index (χ3v) is 4.20. The second-order valence-corrected chi connectivity index (χ2v) is 8.30. The minimum absolute atomic E-state index is 0.403. The molecule has 130 valence electrons. The molecule has 22 heavy (non-hydrogen) atoms. The average molecular weight is 374 g/mol. The van der Waals surface area contributed by atoms with E-state index in [1.807, 2.05) is 0 Å². The number of rotatable bonds is 2. The van der Waals surface area contributed by atoms with E-state index in [9.17, 15) is 34.5 Å². The molecule has 0 nitrogen and oxygen atoms in total. The van der Waals surface area contributed by atoms with Crippen LogP contribution in [-0.2, 0) is 21.8 Å². The first kappa shape index (κ1) is 23.8. The molecular weight excluding hydrogens is 358 g/mol. The summed E-state index contributed by atoms with van der Waals surface area (Å²) in [4.78, 5) is 2.92. The fraction of sp³-hybridized carbons (Fsp3) is 0.400. The fourth-order valence-electron chi connectivity index (χ4n) is 0.984. The third-order valence-electron chi connectivity index (χ3n) is 1.77. The minimum atomic E-state index is -6.00. The Morgan fingerprint density at radius 1 is 0.545 bits per heavy atom. The van der Waals surface area contributed by atoms with Gasteiger partial charge in [0, 0.05) is 21.8 Å². The van der Waals surface area contributed by atoms with Crippen LogP contribution in [0.4, 0.5) is 34.5 Å². The van der Waals surface area contributed by atoms with Crippen molar-refractivity contribution in [2.45, 2.75) is 9.79 Å². The van der Waals surface area contributed by atoms with Crippen LogP contribution >= 0.6 is 0 Å². The molecule has 0 aliphatic rings. The molecule has 0 aliphatic heterocycles. The summed E-state index contributed by atoms with van der Waals surface area (Å²) in [6.07, 6.45) is 9.03. The number of halogens is 8. The molecular formula is C10H16B2F8S2. The maximum absolute atomic E-state index is 9.75. The van der Waals surface area contributed by atoms with Gasteiger partial charge in [0.25, 0.3) is 0 Å². The van der Waals surface area contributed by atoms with E-state index in [1.165, 1.54) is 9.79 Å². The van der Waals surface area contributed by atoms with Crippen molar-refractivity contribution in [2.24, 2.45) is 0 Å². The molecule has 0 unspecified atom stereocenters. The smallest absolute Gasteiger partial charge is 0.418 e. The SMILES string of the molecule is C[S+](C)c1ccc([S+](C)C)cc1.F[B-](F)(F)F.F[B-](F)(F)F. The van der Waals surface area contributed by atoms with Crippen LogP contribution in [0.3, 0.4) is 0 Å². The van der Waals surface area contributed by atoms with E-state index in [-0.39, 0.29) is 0 Å². The Morgan fingerprint density at radius 2 is 0.682 bits per heavy atom. The maximum atomic E-state index is 9.75. The minimum Gasteiger partial charge on any atom is -0.418 e. The van der Waals surface area contributed by atoms with Gasteiger partial charge in [0.2, 0.25) is 0 Å². The molecule has 0 saturated carbocycles. The third kappa shape index (κ3) is 21.8. The highest BCUT2D eigenvalue weighted by molar-refractivity contribution is 7.96. The Morgan fingerprint density at radius 3 is 0.773 bits per heavy atom. The summed E-state index contributed by atoms with van der Waals surface area (Å²) in [5, 5.41) is 0. The highest BCUT2D eigenvalue weighted by atomic mass is 32.2. The van der Waals surface area contributed by atoms with Crippen LogP contribution in [0.25, 0.3) is 0 Å². The molecule has 0 fully saturated rings. The lowest BCUT2D eigenvalue weighted by Crippen LogP contribution is -2.02. The van der Waals surface area contributed by atoms with Gasteiger partial charge in [0.15, 0.2) is 9.79 Å². The van der Waals surface area contributed by atoms with E-state index < -0.39 is 14.5 Å². The topological polar surface area (TPSA) is 0 Å². The van der Waals surface area contributed by atoms with Gasteiger partial charge >= 0.3 is 14.5 Å². The van der Waals surface area contributed by atoms with Crippen LogP contribution < -0.4 is 0 Å². The van der Waals surface area contributed by atoms with Crippen molar-refractivity contribution in [2.75, 3.05) is 25.0 Å². The quantitative estimate of drug-likeness (QED) is 0.398. The van der Waals surface area contributed by atoms with Gasteiger partial charge in [-0.2, -0.15) is 0 Å². The molecule has 0 aliphatic carbocycles. The van der Waals surface area contributed by atoms with Crippen LogP contribution in [0.15, 0.2) is 34.1 Å². The van der Waals surface area contributed by atoms with Crippen molar-refractivity contribution in [3.63, 3.8) is 0 Å². The summed E-state index contributed by atoms with van der Waals surface area (Å²) >= 11 is 0. The average Bonchev–Trinajstić information content (AvgIpc) is 2.24. The van der Waals surface area contributed by atoms with Crippen molar-refractivity contribution in [3.05, 3.63) is 24.3 Å². The van der Waals surface area contributed by atoms with Crippen molar-refractivity contribution in [3.8, 4) is 0 Å². The molecule has 0 bridgehead atoms.